The van der Waals surface area contributed by atoms with Crippen LogP contribution in [0.4, 0.5) is 0 Å². The van der Waals surface area contributed by atoms with E-state index in [1.807, 2.05) is 13.1 Å². The molecule has 0 bridgehead atoms. The molecule has 0 spiro atoms. The number of nitrogens with zero attached hydrogens (tertiary/aromatic N) is 1. The van der Waals surface area contributed by atoms with Crippen LogP contribution < -0.4 is 5.32 Å². The van der Waals surface area contributed by atoms with E-state index >= 15 is 0 Å². The van der Waals surface area contributed by atoms with Crippen LogP contribution in [0.25, 0.3) is 11.3 Å². The molecule has 0 saturated heterocycles. The van der Waals surface area contributed by atoms with Gasteiger partial charge in [-0.1, -0.05) is 30.3 Å². The highest BCUT2D eigenvalue weighted by Gasteiger charge is 2.27. The molecular weight excluding hydrogens is 198 g/mol. The maximum atomic E-state index is 4.44. The summed E-state index contributed by atoms with van der Waals surface area (Å²) >= 11 is 0. The zero-order chi connectivity index (χ0) is 11.0. The lowest BCUT2D eigenvalue weighted by molar-refractivity contribution is 0.588. The lowest BCUT2D eigenvalue weighted by Gasteiger charge is -2.10. The van der Waals surface area contributed by atoms with Crippen molar-refractivity contribution in [3.8, 4) is 11.3 Å². The van der Waals surface area contributed by atoms with Gasteiger partial charge in [-0.25, -0.2) is 0 Å². The Morgan fingerprint density at radius 2 is 2.12 bits per heavy atom. The summed E-state index contributed by atoms with van der Waals surface area (Å²) in [4.78, 5) is 0. The van der Waals surface area contributed by atoms with Gasteiger partial charge >= 0.3 is 0 Å². The van der Waals surface area contributed by atoms with Crippen molar-refractivity contribution in [2.75, 3.05) is 7.05 Å². The number of aryl methyl sites for hydroxylation is 1. The molecule has 1 aromatic carbocycles. The molecule has 1 aliphatic carbocycles. The third kappa shape index (κ3) is 1.36. The molecule has 0 amide bonds. The summed E-state index contributed by atoms with van der Waals surface area (Å²) in [7, 11) is 2.02. The van der Waals surface area contributed by atoms with Gasteiger partial charge in [0.2, 0.25) is 0 Å². The predicted molar refractivity (Wildman–Crippen MR) is 64.1 cm³/mol. The fraction of sp³-hybridized carbons (Fsp3) is 0.308. The van der Waals surface area contributed by atoms with Gasteiger partial charge in [-0.15, -0.1) is 0 Å². The smallest absolute Gasteiger partial charge is 0.0971 e. The molecular formula is C13H15N3. The first kappa shape index (κ1) is 9.60. The number of H-pyrrole nitrogens is 1. The average Bonchev–Trinajstić information content (AvgIpc) is 2.90. The van der Waals surface area contributed by atoms with E-state index in [1.165, 1.54) is 23.2 Å². The quantitative estimate of drug-likeness (QED) is 0.803. The van der Waals surface area contributed by atoms with Gasteiger partial charge in [0.25, 0.3) is 0 Å². The van der Waals surface area contributed by atoms with Gasteiger partial charge in [-0.3, -0.25) is 5.10 Å². The molecule has 0 saturated carbocycles. The first-order valence-electron chi connectivity index (χ1n) is 5.70. The van der Waals surface area contributed by atoms with Crippen LogP contribution in [0.5, 0.6) is 0 Å². The summed E-state index contributed by atoms with van der Waals surface area (Å²) in [5, 5.41) is 11.0. The lowest BCUT2D eigenvalue weighted by Crippen LogP contribution is -2.13. The van der Waals surface area contributed by atoms with Crippen molar-refractivity contribution in [2.24, 2.45) is 0 Å². The molecule has 82 valence electrons. The van der Waals surface area contributed by atoms with E-state index < -0.39 is 0 Å². The van der Waals surface area contributed by atoms with Crippen LogP contribution in [-0.2, 0) is 6.42 Å². The van der Waals surface area contributed by atoms with Gasteiger partial charge in [-0.2, -0.15) is 5.10 Å². The standard InChI is InChI=1S/C13H15N3/c1-14-10-7-8-11-12(10)13(16-15-11)9-5-3-2-4-6-9/h2-6,10,14H,7-8H2,1H3,(H,15,16). The monoisotopic (exact) mass is 213 g/mol. The van der Waals surface area contributed by atoms with Crippen molar-refractivity contribution in [1.82, 2.24) is 15.5 Å². The molecule has 3 rings (SSSR count). The van der Waals surface area contributed by atoms with E-state index in [0.717, 1.165) is 12.1 Å². The molecule has 0 radical (unpaired) electrons. The summed E-state index contributed by atoms with van der Waals surface area (Å²) in [5.41, 5.74) is 4.95. The minimum atomic E-state index is 0.448. The number of hydrogen-bond acceptors (Lipinski definition) is 2. The fourth-order valence-electron chi connectivity index (χ4n) is 2.49. The van der Waals surface area contributed by atoms with Crippen molar-refractivity contribution >= 4 is 0 Å². The molecule has 1 unspecified atom stereocenters. The van der Waals surface area contributed by atoms with E-state index in [9.17, 15) is 0 Å². The highest BCUT2D eigenvalue weighted by Crippen LogP contribution is 2.36. The molecule has 16 heavy (non-hydrogen) atoms. The van der Waals surface area contributed by atoms with E-state index in [2.05, 4.69) is 39.8 Å². The Morgan fingerprint density at radius 3 is 2.88 bits per heavy atom. The van der Waals surface area contributed by atoms with Gasteiger partial charge in [0.05, 0.1) is 5.69 Å². The Bertz CT molecular complexity index is 487. The van der Waals surface area contributed by atoms with Crippen LogP contribution in [0.3, 0.4) is 0 Å². The number of rotatable bonds is 2. The Kier molecular flexibility index (Phi) is 2.26. The molecule has 2 N–H and O–H groups in total. The average molecular weight is 213 g/mol. The predicted octanol–water partition coefficient (Wildman–Crippen LogP) is 2.28. The topological polar surface area (TPSA) is 40.7 Å². The van der Waals surface area contributed by atoms with Crippen LogP contribution in [0.2, 0.25) is 0 Å². The molecule has 0 aliphatic heterocycles. The molecule has 1 aliphatic rings. The molecule has 0 fully saturated rings. The highest BCUT2D eigenvalue weighted by atomic mass is 15.1. The van der Waals surface area contributed by atoms with Crippen LogP contribution in [0.1, 0.15) is 23.7 Å². The summed E-state index contributed by atoms with van der Waals surface area (Å²) in [6, 6.07) is 10.8. The largest absolute Gasteiger partial charge is 0.313 e. The zero-order valence-corrected chi connectivity index (χ0v) is 9.33. The van der Waals surface area contributed by atoms with Gasteiger partial charge in [0.1, 0.15) is 0 Å². The Hall–Kier alpha value is -1.61. The van der Waals surface area contributed by atoms with Crippen LogP contribution in [0.15, 0.2) is 30.3 Å². The molecule has 1 aromatic heterocycles. The van der Waals surface area contributed by atoms with Crippen molar-refractivity contribution in [3.05, 3.63) is 41.6 Å². The number of nitrogens with one attached hydrogen (secondary N) is 2. The normalized spacial score (nSPS) is 18.7. The zero-order valence-electron chi connectivity index (χ0n) is 9.33. The number of aromatic nitrogens is 2. The fourth-order valence-corrected chi connectivity index (χ4v) is 2.49. The number of fused-ring (bicyclic) bond motifs is 1. The van der Waals surface area contributed by atoms with Gasteiger partial charge in [-0.05, 0) is 19.9 Å². The van der Waals surface area contributed by atoms with Crippen molar-refractivity contribution in [3.63, 3.8) is 0 Å². The summed E-state index contributed by atoms with van der Waals surface area (Å²) in [5.74, 6) is 0. The molecule has 3 heteroatoms. The van der Waals surface area contributed by atoms with Gasteiger partial charge in [0, 0.05) is 22.9 Å². The van der Waals surface area contributed by atoms with E-state index in [4.69, 9.17) is 0 Å². The third-order valence-corrected chi connectivity index (χ3v) is 3.31. The lowest BCUT2D eigenvalue weighted by atomic mass is 10.0. The summed E-state index contributed by atoms with van der Waals surface area (Å²) in [6.07, 6.45) is 2.26. The van der Waals surface area contributed by atoms with E-state index in [-0.39, 0.29) is 0 Å². The first-order chi connectivity index (χ1) is 7.90. The van der Waals surface area contributed by atoms with E-state index in [1.54, 1.807) is 0 Å². The summed E-state index contributed by atoms with van der Waals surface area (Å²) in [6.45, 7) is 0. The summed E-state index contributed by atoms with van der Waals surface area (Å²) < 4.78 is 0. The molecule has 1 heterocycles. The minimum absolute atomic E-state index is 0.448. The first-order valence-corrected chi connectivity index (χ1v) is 5.70. The Balaban J connectivity index is 2.10. The van der Waals surface area contributed by atoms with Crippen LogP contribution in [-0.4, -0.2) is 17.2 Å². The van der Waals surface area contributed by atoms with Crippen LogP contribution in [0, 0.1) is 0 Å². The highest BCUT2D eigenvalue weighted by molar-refractivity contribution is 5.65. The molecule has 2 aromatic rings. The second-order valence-corrected chi connectivity index (χ2v) is 4.21. The Labute approximate surface area is 94.9 Å². The minimum Gasteiger partial charge on any atom is -0.313 e. The number of aromatic amines is 1. The molecule has 3 nitrogen and oxygen atoms in total. The van der Waals surface area contributed by atoms with Crippen LogP contribution >= 0.6 is 0 Å². The van der Waals surface area contributed by atoms with Crippen molar-refractivity contribution in [2.45, 2.75) is 18.9 Å². The van der Waals surface area contributed by atoms with E-state index in [0.29, 0.717) is 6.04 Å². The maximum Gasteiger partial charge on any atom is 0.0971 e. The molecule has 1 atom stereocenters. The van der Waals surface area contributed by atoms with Crippen molar-refractivity contribution < 1.29 is 0 Å². The number of benzene rings is 1. The second-order valence-electron chi connectivity index (χ2n) is 4.21. The maximum absolute atomic E-state index is 4.44. The van der Waals surface area contributed by atoms with Gasteiger partial charge in [0.15, 0.2) is 0 Å². The SMILES string of the molecule is CNC1CCc2[nH]nc(-c3ccccc3)c21. The van der Waals surface area contributed by atoms with Gasteiger partial charge < -0.3 is 5.32 Å². The van der Waals surface area contributed by atoms with Crippen molar-refractivity contribution in [1.29, 1.82) is 0 Å². The number of hydrogen-bond donors (Lipinski definition) is 2. The second kappa shape index (κ2) is 3.76. The third-order valence-electron chi connectivity index (χ3n) is 3.31. The Morgan fingerprint density at radius 1 is 1.31 bits per heavy atom.